The van der Waals surface area contributed by atoms with Gasteiger partial charge in [0.1, 0.15) is 159 Å². The maximum atomic E-state index is 13.5. The SMILES string of the molecule is CC(=O)N[C@H]1[C@H](O[C@H]2[C@@H](O)[C@@H](CO)O[C@@H](O[C@H]3[C@H](O)[C@@H](O)[C@H](OCCCN)O[C@@H]3CO)[C@@H]2O)O[C@H](CO[C@@H]2O[C@H](CO)[C@@H](O[C@@H]3O[C@H](CO)[C@H](O)[C@H](O)[C@H]3O)[C@H](O)[C@H]2O)[C@@H](O[C@@H]2O[C@H](CO)[C@H](OC(C)=O)[C@H](O[C@]3(C(=O)O)C[C@H](O)[C@@H](NC(C)=O)[C@H]([C@H](O)[C@H](O)CO)O3)[C@H]2O)[C@@H]1O. The summed E-state index contributed by atoms with van der Waals surface area (Å²) < 4.78 is 86.9. The topological polar surface area (TPSA) is 682 Å². The number of nitrogens with one attached hydrogen (secondary N) is 2. The Morgan fingerprint density at radius 3 is 1.41 bits per heavy atom. The zero-order chi connectivity index (χ0) is 71.8. The number of hydrogen-bond donors (Lipinski definition) is 24. The fourth-order valence-electron chi connectivity index (χ4n) is 12.1. The summed E-state index contributed by atoms with van der Waals surface area (Å²) in [6.45, 7) is -4.88. The van der Waals surface area contributed by atoms with E-state index in [2.05, 4.69) is 10.6 Å². The molecule has 0 spiro atoms. The van der Waals surface area contributed by atoms with Gasteiger partial charge < -0.3 is 195 Å². The lowest BCUT2D eigenvalue weighted by molar-refractivity contribution is -0.393. The predicted molar refractivity (Wildman–Crippen MR) is 299 cm³/mol. The Kier molecular flexibility index (Phi) is 29.6. The van der Waals surface area contributed by atoms with Crippen LogP contribution in [-0.2, 0) is 90.2 Å². The van der Waals surface area contributed by atoms with Crippen LogP contribution in [0.1, 0.15) is 33.6 Å². The predicted octanol–water partition coefficient (Wildman–Crippen LogP) is -15.8. The van der Waals surface area contributed by atoms with Crippen LogP contribution in [0.5, 0.6) is 0 Å². The molecule has 43 nitrogen and oxygen atoms in total. The zero-order valence-electron chi connectivity index (χ0n) is 52.2. The normalized spacial score (nSPS) is 45.8. The molecule has 0 radical (unpaired) electrons. The quantitative estimate of drug-likeness (QED) is 0.0244. The average molecular weight is 1420 g/mol. The molecule has 97 heavy (non-hydrogen) atoms. The van der Waals surface area contributed by atoms with Crippen molar-refractivity contribution in [2.24, 2.45) is 5.73 Å². The first kappa shape index (κ1) is 80.8. The highest BCUT2D eigenvalue weighted by atomic mass is 16.8. The smallest absolute Gasteiger partial charge is 0.364 e. The van der Waals surface area contributed by atoms with Crippen molar-refractivity contribution in [3.8, 4) is 0 Å². The Labute approximate surface area is 550 Å². The van der Waals surface area contributed by atoms with Crippen LogP contribution in [0.3, 0.4) is 0 Å². The van der Waals surface area contributed by atoms with Gasteiger partial charge in [-0.2, -0.15) is 0 Å². The summed E-state index contributed by atoms with van der Waals surface area (Å²) in [5.41, 5.74) is 5.52. The molecule has 7 aliphatic heterocycles. The molecule has 0 saturated carbocycles. The molecular formula is C54H91N3O40. The summed E-state index contributed by atoms with van der Waals surface area (Å²) in [5, 5.41) is 235. The van der Waals surface area contributed by atoms with Gasteiger partial charge in [-0.15, -0.1) is 0 Å². The summed E-state index contributed by atoms with van der Waals surface area (Å²) in [4.78, 5) is 51.7. The number of rotatable bonds is 29. The minimum absolute atomic E-state index is 0.0632. The van der Waals surface area contributed by atoms with E-state index >= 15 is 0 Å². The standard InChI is InChI=1S/C54H91N3O40/c1-15(64)56-26-18(67)7-54(53(81)82,96-44(26)28(69)19(68)8-58)97-46-39(80)52(90-24(13-63)43(46)85-17(3)66)94-42-25(14-84-49-37(78)34(75)40(23(12-62)89-49)92-50-35(76)32(73)29(70)20(9-59)86-50)91-47(27(31(42)72)57-16(2)65)95-45-30(71)21(10-60)87-51(38(45)79)93-41-22(11-61)88-48(36(77)33(41)74)83-6-4-5-55/h18-52,58-63,67-80H,4-14,55H2,1-3H3,(H,56,64)(H,57,65)(H,81,82)/t18-,19+,20+,21+,22+,23+,24+,25+,26+,27+,28+,29-,30-,31+,32-,33+,34+,35+,36+,37+,38+,39+,40+,41+,42+,43-,44+,45-,46+,47-,48+,49+,50-,51-,52-,54-/m0/s1. The van der Waals surface area contributed by atoms with Crippen molar-refractivity contribution in [3.05, 3.63) is 0 Å². The van der Waals surface area contributed by atoms with Gasteiger partial charge in [-0.1, -0.05) is 0 Å². The first-order valence-corrected chi connectivity index (χ1v) is 30.8. The Hall–Kier alpha value is -3.52. The zero-order valence-corrected chi connectivity index (χ0v) is 52.2. The minimum Gasteiger partial charge on any atom is -0.477 e. The Balaban J connectivity index is 1.25. The van der Waals surface area contributed by atoms with Crippen molar-refractivity contribution >= 4 is 23.8 Å². The molecule has 0 aliphatic carbocycles. The van der Waals surface area contributed by atoms with E-state index < -0.39 is 297 Å². The van der Waals surface area contributed by atoms with Crippen molar-refractivity contribution in [2.45, 2.75) is 254 Å². The number of esters is 1. The number of aliphatic carboxylic acids is 1. The lowest BCUT2D eigenvalue weighted by Gasteiger charge is -2.52. The van der Waals surface area contributed by atoms with Crippen molar-refractivity contribution in [2.75, 3.05) is 59.4 Å². The summed E-state index contributed by atoms with van der Waals surface area (Å²) in [5.74, 6) is -8.62. The van der Waals surface area contributed by atoms with E-state index in [-0.39, 0.29) is 19.6 Å². The van der Waals surface area contributed by atoms with Gasteiger partial charge in [0.15, 0.2) is 43.8 Å². The number of hydrogen-bond acceptors (Lipinski definition) is 40. The molecule has 0 aromatic carbocycles. The number of carboxylic acids is 1. The molecular weight excluding hydrogens is 1330 g/mol. The highest BCUT2D eigenvalue weighted by Gasteiger charge is 2.63. The van der Waals surface area contributed by atoms with Gasteiger partial charge in [0.25, 0.3) is 5.79 Å². The van der Waals surface area contributed by atoms with Crippen LogP contribution in [0.2, 0.25) is 0 Å². The third-order valence-electron chi connectivity index (χ3n) is 17.2. The molecule has 2 amide bonds. The number of carboxylic acid groups (broad SMARTS) is 1. The molecule has 0 aromatic heterocycles. The Morgan fingerprint density at radius 2 is 0.918 bits per heavy atom. The maximum Gasteiger partial charge on any atom is 0.364 e. The number of carbonyl (C=O) groups is 4. The molecule has 0 bridgehead atoms. The number of ether oxygens (including phenoxy) is 15. The van der Waals surface area contributed by atoms with E-state index in [1.807, 2.05) is 0 Å². The summed E-state index contributed by atoms with van der Waals surface area (Å²) in [6.07, 6.45) is -69.6. The summed E-state index contributed by atoms with van der Waals surface area (Å²) in [7, 11) is 0. The van der Waals surface area contributed by atoms with Crippen molar-refractivity contribution in [3.63, 3.8) is 0 Å². The van der Waals surface area contributed by atoms with Gasteiger partial charge in [0.2, 0.25) is 11.8 Å². The minimum atomic E-state index is -3.35. The van der Waals surface area contributed by atoms with E-state index in [0.717, 1.165) is 20.8 Å². The molecule has 7 fully saturated rings. The number of aliphatic hydroxyl groups is 20. The third-order valence-corrected chi connectivity index (χ3v) is 17.2. The monoisotopic (exact) mass is 1420 g/mol. The number of amides is 2. The van der Waals surface area contributed by atoms with E-state index in [9.17, 15) is 126 Å². The van der Waals surface area contributed by atoms with Crippen LogP contribution in [0.25, 0.3) is 0 Å². The number of carbonyl (C=O) groups excluding carboxylic acids is 3. The fourth-order valence-corrected chi connectivity index (χ4v) is 12.1. The molecule has 0 unspecified atom stereocenters. The molecule has 562 valence electrons. The molecule has 7 rings (SSSR count). The van der Waals surface area contributed by atoms with E-state index in [1.54, 1.807) is 0 Å². The molecule has 25 N–H and O–H groups in total. The van der Waals surface area contributed by atoms with E-state index in [4.69, 9.17) is 76.8 Å². The summed E-state index contributed by atoms with van der Waals surface area (Å²) in [6, 6.07) is -3.83. The molecule has 7 aliphatic rings. The first-order valence-electron chi connectivity index (χ1n) is 30.8. The molecule has 7 heterocycles. The van der Waals surface area contributed by atoms with Gasteiger partial charge in [0, 0.05) is 27.2 Å². The maximum absolute atomic E-state index is 13.5. The number of aliphatic hydroxyl groups excluding tert-OH is 20. The van der Waals surface area contributed by atoms with Crippen LogP contribution in [-0.4, -0.2) is 411 Å². The van der Waals surface area contributed by atoms with Gasteiger partial charge in [-0.25, -0.2) is 4.79 Å². The van der Waals surface area contributed by atoms with Crippen molar-refractivity contribution < 1.29 is 197 Å². The van der Waals surface area contributed by atoms with Crippen LogP contribution in [0.15, 0.2) is 0 Å². The fraction of sp³-hybridized carbons (Fsp3) is 0.926. The van der Waals surface area contributed by atoms with Gasteiger partial charge in [-0.05, 0) is 13.0 Å². The summed E-state index contributed by atoms with van der Waals surface area (Å²) >= 11 is 0. The van der Waals surface area contributed by atoms with Crippen molar-refractivity contribution in [1.82, 2.24) is 10.6 Å². The molecule has 7 saturated heterocycles. The third kappa shape index (κ3) is 18.3. The van der Waals surface area contributed by atoms with E-state index in [0.29, 0.717) is 0 Å². The largest absolute Gasteiger partial charge is 0.477 e. The average Bonchev–Trinajstić information content (AvgIpc) is 0.940. The first-order chi connectivity index (χ1) is 45.8. The van der Waals surface area contributed by atoms with Crippen LogP contribution >= 0.6 is 0 Å². The Bertz CT molecular complexity index is 2490. The molecule has 0 aromatic rings. The van der Waals surface area contributed by atoms with Crippen LogP contribution in [0.4, 0.5) is 0 Å². The number of nitrogens with two attached hydrogens (primary N) is 1. The highest BCUT2D eigenvalue weighted by molar-refractivity contribution is 5.77. The van der Waals surface area contributed by atoms with Crippen LogP contribution in [0, 0.1) is 0 Å². The second kappa shape index (κ2) is 35.6. The van der Waals surface area contributed by atoms with Crippen molar-refractivity contribution in [1.29, 1.82) is 0 Å². The van der Waals surface area contributed by atoms with Gasteiger partial charge >= 0.3 is 11.9 Å². The second-order valence-electron chi connectivity index (χ2n) is 24.1. The lowest BCUT2D eigenvalue weighted by Crippen LogP contribution is -2.71. The van der Waals surface area contributed by atoms with E-state index in [1.165, 1.54) is 0 Å². The second-order valence-corrected chi connectivity index (χ2v) is 24.1. The molecule has 43 heteroatoms. The lowest BCUT2D eigenvalue weighted by atomic mass is 9.88. The van der Waals surface area contributed by atoms with Gasteiger partial charge in [-0.3, -0.25) is 14.4 Å². The molecule has 36 atom stereocenters. The van der Waals surface area contributed by atoms with Crippen LogP contribution < -0.4 is 16.4 Å². The van der Waals surface area contributed by atoms with Gasteiger partial charge in [0.05, 0.1) is 65.0 Å². The Morgan fingerprint density at radius 1 is 0.485 bits per heavy atom. The highest BCUT2D eigenvalue weighted by Crippen LogP contribution is 2.41.